The lowest BCUT2D eigenvalue weighted by Crippen LogP contribution is -2.43. The van der Waals surface area contributed by atoms with Gasteiger partial charge in [0.05, 0.1) is 53.0 Å². The summed E-state index contributed by atoms with van der Waals surface area (Å²) in [6.07, 6.45) is 2.69. The molecule has 0 aliphatic carbocycles. The van der Waals surface area contributed by atoms with Gasteiger partial charge in [0.2, 0.25) is 0 Å². The highest BCUT2D eigenvalue weighted by molar-refractivity contribution is 5.94. The monoisotopic (exact) mass is 732 g/mol. The van der Waals surface area contributed by atoms with Crippen LogP contribution in [0.15, 0.2) is 18.2 Å². The van der Waals surface area contributed by atoms with Gasteiger partial charge in [0.15, 0.2) is 11.5 Å². The van der Waals surface area contributed by atoms with Crippen LogP contribution in [-0.4, -0.2) is 81.3 Å². The number of nitrogens with two attached hydrogens (primary N) is 1. The number of benzene rings is 1. The van der Waals surface area contributed by atoms with Crippen LogP contribution in [0.1, 0.15) is 88.4 Å². The predicted octanol–water partition coefficient (Wildman–Crippen LogP) is 4.87. The van der Waals surface area contributed by atoms with Gasteiger partial charge >= 0.3 is 12.2 Å². The Bertz CT molecular complexity index is 2110. The highest BCUT2D eigenvalue weighted by Crippen LogP contribution is 2.45. The number of aromatic nitrogens is 4. The zero-order chi connectivity index (χ0) is 37.8. The number of halogens is 4. The zero-order valence-corrected chi connectivity index (χ0v) is 29.9. The van der Waals surface area contributed by atoms with E-state index in [0.717, 1.165) is 44.0 Å². The van der Waals surface area contributed by atoms with E-state index in [1.165, 1.54) is 11.8 Å². The Labute approximate surface area is 305 Å². The summed E-state index contributed by atoms with van der Waals surface area (Å²) in [7, 11) is 3.25. The fraction of sp³-hybridized carbons (Fsp3) is 0.474. The highest BCUT2D eigenvalue weighted by Gasteiger charge is 2.47. The number of rotatable bonds is 6. The number of alkyl halides is 3. The molecular formula is C38H40F4N8O3. The summed E-state index contributed by atoms with van der Waals surface area (Å²) in [4.78, 5) is 28.4. The molecule has 0 saturated carbocycles. The van der Waals surface area contributed by atoms with Crippen molar-refractivity contribution in [3.63, 3.8) is 0 Å². The number of anilines is 2. The van der Waals surface area contributed by atoms with Crippen molar-refractivity contribution in [1.82, 2.24) is 29.5 Å². The molecule has 4 aliphatic rings. The molecule has 0 unspecified atom stereocenters. The quantitative estimate of drug-likeness (QED) is 0.164. The molecule has 6 heterocycles. The van der Waals surface area contributed by atoms with Gasteiger partial charge in [-0.2, -0.15) is 28.2 Å². The maximum absolute atomic E-state index is 15.8. The van der Waals surface area contributed by atoms with Crippen LogP contribution in [0.2, 0.25) is 0 Å². The number of fused-ring (bicyclic) bond motifs is 3. The minimum Gasteiger partial charge on any atom is -0.461 e. The van der Waals surface area contributed by atoms with E-state index in [1.807, 2.05) is 4.90 Å². The van der Waals surface area contributed by atoms with Crippen LogP contribution < -0.4 is 15.4 Å². The molecule has 3 aromatic rings. The summed E-state index contributed by atoms with van der Waals surface area (Å²) in [6.45, 7) is 8.56. The van der Waals surface area contributed by atoms with Crippen molar-refractivity contribution in [2.75, 3.05) is 51.0 Å². The number of aryl methyl sites for hydroxylation is 1. The SMILES string of the molecule is C#Cc1c(C(=O)N(C)C)nn2c1CN(c1nc(OC[C@@]34CCCN3CC(=C)C4)nc3c1CO[C@H](c1c(F)c(N)cc(C#CC)c1C(F)(F)F)C3)CCC2. The smallest absolute Gasteiger partial charge is 0.418 e. The highest BCUT2D eigenvalue weighted by atomic mass is 19.4. The molecule has 2 aromatic heterocycles. The summed E-state index contributed by atoms with van der Waals surface area (Å²) < 4.78 is 73.8. The van der Waals surface area contributed by atoms with Crippen molar-refractivity contribution in [3.8, 4) is 30.2 Å². The molecule has 2 saturated heterocycles. The third-order valence-corrected chi connectivity index (χ3v) is 10.5. The molecule has 278 valence electrons. The normalized spacial score (nSPS) is 21.2. The lowest BCUT2D eigenvalue weighted by Gasteiger charge is -2.33. The van der Waals surface area contributed by atoms with Crippen LogP contribution in [0.3, 0.4) is 0 Å². The Morgan fingerprint density at radius 3 is 2.74 bits per heavy atom. The minimum atomic E-state index is -4.95. The molecule has 53 heavy (non-hydrogen) atoms. The van der Waals surface area contributed by atoms with Crippen LogP contribution in [0.5, 0.6) is 6.01 Å². The number of carbonyl (C=O) groups excluding carboxylic acids is 1. The van der Waals surface area contributed by atoms with Crippen LogP contribution in [0, 0.1) is 30.0 Å². The standard InChI is InChI=1S/C38H40F4N8O3/c1-6-10-23-15-26(43)32(39)30(31(23)38(40,41)42)29-16-27-25(20-52-29)34(45-36(44-27)53-21-37-11-8-13-49(37)18-22(3)17-37)48-12-9-14-50-28(19-48)24(7-2)33(46-50)35(51)47(4)5/h2,15,29H,3,8-9,11-14,16-21,43H2,1,4-5H3/t29-,37-/m0/s1. The number of hydrogen-bond donors (Lipinski definition) is 1. The number of hydrogen-bond acceptors (Lipinski definition) is 9. The number of carbonyl (C=O) groups is 1. The van der Waals surface area contributed by atoms with E-state index in [9.17, 15) is 18.0 Å². The van der Waals surface area contributed by atoms with Crippen molar-refractivity contribution >= 4 is 17.4 Å². The van der Waals surface area contributed by atoms with Crippen molar-refractivity contribution in [2.45, 2.75) is 76.5 Å². The molecule has 2 fully saturated rings. The number of terminal acetylenes is 1. The second-order valence-corrected chi connectivity index (χ2v) is 14.2. The second-order valence-electron chi connectivity index (χ2n) is 14.2. The van der Waals surface area contributed by atoms with E-state index in [0.29, 0.717) is 47.8 Å². The Kier molecular flexibility index (Phi) is 9.37. The Morgan fingerprint density at radius 1 is 1.23 bits per heavy atom. The van der Waals surface area contributed by atoms with E-state index in [-0.39, 0.29) is 49.3 Å². The Balaban J connectivity index is 1.31. The molecule has 7 rings (SSSR count). The fourth-order valence-electron chi connectivity index (χ4n) is 8.14. The van der Waals surface area contributed by atoms with E-state index < -0.39 is 40.5 Å². The molecule has 0 spiro atoms. The van der Waals surface area contributed by atoms with Crippen molar-refractivity contribution in [2.24, 2.45) is 0 Å². The number of nitrogens with zero attached hydrogens (tertiary/aromatic N) is 7. The van der Waals surface area contributed by atoms with Crippen molar-refractivity contribution in [1.29, 1.82) is 0 Å². The van der Waals surface area contributed by atoms with Gasteiger partial charge in [-0.25, -0.2) is 4.39 Å². The molecule has 15 heteroatoms. The molecule has 0 radical (unpaired) electrons. The summed E-state index contributed by atoms with van der Waals surface area (Å²) in [6, 6.07) is 0.939. The Morgan fingerprint density at radius 2 is 2.02 bits per heavy atom. The summed E-state index contributed by atoms with van der Waals surface area (Å²) in [5.41, 5.74) is 5.98. The van der Waals surface area contributed by atoms with Gasteiger partial charge < -0.3 is 25.0 Å². The first-order valence-corrected chi connectivity index (χ1v) is 17.4. The van der Waals surface area contributed by atoms with Crippen molar-refractivity contribution in [3.05, 3.63) is 68.9 Å². The third-order valence-electron chi connectivity index (χ3n) is 10.5. The van der Waals surface area contributed by atoms with E-state index in [1.54, 1.807) is 18.8 Å². The maximum atomic E-state index is 15.8. The molecule has 0 bridgehead atoms. The molecule has 11 nitrogen and oxygen atoms in total. The van der Waals surface area contributed by atoms with Gasteiger partial charge in [-0.3, -0.25) is 14.4 Å². The van der Waals surface area contributed by atoms with Crippen LogP contribution >= 0.6 is 0 Å². The number of nitrogen functional groups attached to an aromatic ring is 1. The largest absolute Gasteiger partial charge is 0.461 e. The first-order valence-electron chi connectivity index (χ1n) is 17.4. The first kappa shape index (κ1) is 36.2. The number of ether oxygens (including phenoxy) is 2. The van der Waals surface area contributed by atoms with Gasteiger partial charge in [0.1, 0.15) is 12.4 Å². The maximum Gasteiger partial charge on any atom is 0.418 e. The van der Waals surface area contributed by atoms with Gasteiger partial charge in [0.25, 0.3) is 5.91 Å². The first-order chi connectivity index (χ1) is 25.2. The van der Waals surface area contributed by atoms with Crippen LogP contribution in [0.4, 0.5) is 29.1 Å². The topological polar surface area (TPSA) is 115 Å². The van der Waals surface area contributed by atoms with Gasteiger partial charge in [-0.15, -0.1) is 12.3 Å². The van der Waals surface area contributed by atoms with E-state index in [2.05, 4.69) is 34.3 Å². The molecular weight excluding hydrogens is 692 g/mol. The lowest BCUT2D eigenvalue weighted by molar-refractivity contribution is -0.140. The third kappa shape index (κ3) is 6.46. The average molecular weight is 733 g/mol. The number of amides is 1. The zero-order valence-electron chi connectivity index (χ0n) is 29.9. The summed E-state index contributed by atoms with van der Waals surface area (Å²) >= 11 is 0. The van der Waals surface area contributed by atoms with Gasteiger partial charge in [-0.05, 0) is 45.2 Å². The molecule has 4 aliphatic heterocycles. The second kappa shape index (κ2) is 13.7. The minimum absolute atomic E-state index is 0.0400. The predicted molar refractivity (Wildman–Crippen MR) is 188 cm³/mol. The summed E-state index contributed by atoms with van der Waals surface area (Å²) in [5, 5.41) is 4.57. The lowest BCUT2D eigenvalue weighted by atomic mass is 9.90. The molecule has 2 N–H and O–H groups in total. The molecule has 1 aromatic carbocycles. The average Bonchev–Trinajstić information content (AvgIpc) is 3.70. The van der Waals surface area contributed by atoms with E-state index in [4.69, 9.17) is 31.6 Å². The van der Waals surface area contributed by atoms with Crippen molar-refractivity contribution < 1.29 is 31.8 Å². The van der Waals surface area contributed by atoms with Crippen LogP contribution in [0.25, 0.3) is 0 Å². The fourth-order valence-corrected chi connectivity index (χ4v) is 8.14. The Hall–Kier alpha value is -5.12. The van der Waals surface area contributed by atoms with Gasteiger partial charge in [-0.1, -0.05) is 24.0 Å². The van der Waals surface area contributed by atoms with Gasteiger partial charge in [0, 0.05) is 56.8 Å². The van der Waals surface area contributed by atoms with E-state index >= 15 is 4.39 Å². The summed E-state index contributed by atoms with van der Waals surface area (Å²) in [5.74, 6) is 6.46. The molecule has 1 amide bonds. The van der Waals surface area contributed by atoms with Crippen LogP contribution in [-0.2, 0) is 37.0 Å². The molecule has 2 atom stereocenters.